The van der Waals surface area contributed by atoms with Crippen LogP contribution in [0.25, 0.3) is 0 Å². The van der Waals surface area contributed by atoms with Crippen LogP contribution < -0.4 is 0 Å². The molecule has 2 atom stereocenters. The second-order valence-corrected chi connectivity index (χ2v) is 23.2. The number of quaternary nitrogens is 1. The minimum atomic E-state index is -4.40. The lowest BCUT2D eigenvalue weighted by atomic mass is 10.0. The fraction of sp³-hybridized carbons (Fsp3) is 0.701. The van der Waals surface area contributed by atoms with Gasteiger partial charge in [-0.3, -0.25) is 18.6 Å². The van der Waals surface area contributed by atoms with Gasteiger partial charge in [0.05, 0.1) is 27.7 Å². The van der Waals surface area contributed by atoms with Crippen LogP contribution in [0, 0.1) is 0 Å². The van der Waals surface area contributed by atoms with Crippen molar-refractivity contribution < 1.29 is 42.1 Å². The number of carbonyl (C=O) groups excluding carboxylic acids is 2. The summed E-state index contributed by atoms with van der Waals surface area (Å²) >= 11 is 0. The number of hydrogen-bond donors (Lipinski definition) is 1. The molecule has 0 aliphatic heterocycles. The average Bonchev–Trinajstić information content (AvgIpc) is 3.39. The van der Waals surface area contributed by atoms with Crippen molar-refractivity contribution in [3.8, 4) is 0 Å². The summed E-state index contributed by atoms with van der Waals surface area (Å²) < 4.78 is 34.6. The molecule has 0 saturated carbocycles. The molecule has 0 aromatic carbocycles. The third-order valence-corrected chi connectivity index (χ3v) is 14.1. The Balaban J connectivity index is 4.21. The lowest BCUT2D eigenvalue weighted by Gasteiger charge is -2.24. The van der Waals surface area contributed by atoms with Crippen molar-refractivity contribution >= 4 is 19.8 Å². The van der Waals surface area contributed by atoms with E-state index < -0.39 is 26.5 Å². The molecule has 0 fully saturated rings. The summed E-state index contributed by atoms with van der Waals surface area (Å²) in [5, 5.41) is 0. The van der Waals surface area contributed by atoms with Gasteiger partial charge in [0.25, 0.3) is 0 Å². The summed E-state index contributed by atoms with van der Waals surface area (Å²) in [6.07, 6.45) is 80.2. The highest BCUT2D eigenvalue weighted by Crippen LogP contribution is 2.43. The first-order valence-electron chi connectivity index (χ1n) is 31.1. The zero-order chi connectivity index (χ0) is 56.3. The molecular formula is C67H117NO8P+. The van der Waals surface area contributed by atoms with Gasteiger partial charge in [-0.25, -0.2) is 4.57 Å². The fourth-order valence-corrected chi connectivity index (χ4v) is 9.04. The van der Waals surface area contributed by atoms with Gasteiger partial charge in [0, 0.05) is 12.8 Å². The van der Waals surface area contributed by atoms with E-state index in [1.165, 1.54) is 109 Å². The van der Waals surface area contributed by atoms with E-state index in [4.69, 9.17) is 18.5 Å². The Labute approximate surface area is 474 Å². The van der Waals surface area contributed by atoms with Crippen LogP contribution in [0.1, 0.15) is 251 Å². The lowest BCUT2D eigenvalue weighted by Crippen LogP contribution is -2.37. The number of unbranched alkanes of at least 4 members (excludes halogenated alkanes) is 24. The van der Waals surface area contributed by atoms with Crippen molar-refractivity contribution in [2.75, 3.05) is 47.5 Å². The predicted octanol–water partition coefficient (Wildman–Crippen LogP) is 19.8. The van der Waals surface area contributed by atoms with Crippen LogP contribution in [0.5, 0.6) is 0 Å². The topological polar surface area (TPSA) is 108 Å². The number of allylic oxidation sites excluding steroid dienone is 18. The molecule has 0 aromatic rings. The number of phosphoric ester groups is 1. The third-order valence-electron chi connectivity index (χ3n) is 13.1. The summed E-state index contributed by atoms with van der Waals surface area (Å²) in [5.74, 6) is -0.818. The van der Waals surface area contributed by atoms with E-state index in [0.29, 0.717) is 17.4 Å². The van der Waals surface area contributed by atoms with Gasteiger partial charge in [-0.05, 0) is 83.5 Å². The molecule has 0 aliphatic rings. The highest BCUT2D eigenvalue weighted by molar-refractivity contribution is 7.47. The summed E-state index contributed by atoms with van der Waals surface area (Å²) in [7, 11) is 1.46. The van der Waals surface area contributed by atoms with Gasteiger partial charge in [-0.2, -0.15) is 0 Å². The average molecular weight is 1100 g/mol. The maximum atomic E-state index is 12.8. The molecule has 2 unspecified atom stereocenters. The van der Waals surface area contributed by atoms with Gasteiger partial charge in [-0.15, -0.1) is 0 Å². The van der Waals surface area contributed by atoms with E-state index in [0.717, 1.165) is 109 Å². The number of phosphoric acid groups is 1. The van der Waals surface area contributed by atoms with Crippen molar-refractivity contribution in [3.05, 3.63) is 109 Å². The highest BCUT2D eigenvalue weighted by Gasteiger charge is 2.27. The SMILES string of the molecule is CC/C=C\C/C=C\C/C=C\C/C=C\C/C=C\C/C=C\C/C=C\C/C=C\C/C=C\CCCCCCCC(=O)OC(COC(=O)CCCCCCCCCCCCCCCCCCCCCC)COP(=O)(O)OCC[N+](C)(C)C. The second kappa shape index (κ2) is 57.4. The second-order valence-electron chi connectivity index (χ2n) is 21.7. The molecule has 0 aromatic heterocycles. The Morgan fingerprint density at radius 1 is 0.416 bits per heavy atom. The first-order chi connectivity index (χ1) is 37.5. The highest BCUT2D eigenvalue weighted by atomic mass is 31.2. The van der Waals surface area contributed by atoms with Crippen molar-refractivity contribution in [3.63, 3.8) is 0 Å². The first kappa shape index (κ1) is 73.7. The largest absolute Gasteiger partial charge is 0.472 e. The van der Waals surface area contributed by atoms with Crippen LogP contribution in [0.4, 0.5) is 0 Å². The molecule has 442 valence electrons. The molecule has 1 N–H and O–H groups in total. The van der Waals surface area contributed by atoms with Gasteiger partial charge in [-0.1, -0.05) is 264 Å². The fourth-order valence-electron chi connectivity index (χ4n) is 8.30. The molecule has 0 aliphatic carbocycles. The Kier molecular flexibility index (Phi) is 54.9. The van der Waals surface area contributed by atoms with Crippen LogP contribution >= 0.6 is 7.82 Å². The Morgan fingerprint density at radius 3 is 1.10 bits per heavy atom. The number of rotatable bonds is 56. The van der Waals surface area contributed by atoms with Gasteiger partial charge in [0.1, 0.15) is 19.8 Å². The Bertz CT molecular complexity index is 1670. The summed E-state index contributed by atoms with van der Waals surface area (Å²) in [6.45, 7) is 4.31. The lowest BCUT2D eigenvalue weighted by molar-refractivity contribution is -0.870. The monoisotopic (exact) mass is 1090 g/mol. The smallest absolute Gasteiger partial charge is 0.462 e. The molecule has 0 amide bonds. The minimum Gasteiger partial charge on any atom is -0.462 e. The third kappa shape index (κ3) is 61.7. The van der Waals surface area contributed by atoms with Crippen LogP contribution in [0.15, 0.2) is 109 Å². The molecule has 0 rings (SSSR count). The molecule has 0 saturated heterocycles. The number of carbonyl (C=O) groups is 2. The van der Waals surface area contributed by atoms with Crippen LogP contribution in [-0.4, -0.2) is 74.9 Å². The van der Waals surface area contributed by atoms with Gasteiger partial charge in [0.15, 0.2) is 6.10 Å². The van der Waals surface area contributed by atoms with Gasteiger partial charge >= 0.3 is 19.8 Å². The summed E-state index contributed by atoms with van der Waals surface area (Å²) in [4.78, 5) is 35.7. The van der Waals surface area contributed by atoms with E-state index >= 15 is 0 Å². The van der Waals surface area contributed by atoms with Crippen molar-refractivity contribution in [1.29, 1.82) is 0 Å². The maximum absolute atomic E-state index is 12.8. The van der Waals surface area contributed by atoms with Crippen molar-refractivity contribution in [1.82, 2.24) is 0 Å². The number of nitrogens with zero attached hydrogens (tertiary/aromatic N) is 1. The zero-order valence-corrected chi connectivity index (χ0v) is 51.1. The van der Waals surface area contributed by atoms with Crippen LogP contribution in [0.3, 0.4) is 0 Å². The molecule has 0 spiro atoms. The Morgan fingerprint density at radius 2 is 0.740 bits per heavy atom. The quantitative estimate of drug-likeness (QED) is 0.0211. The molecule has 10 heteroatoms. The van der Waals surface area contributed by atoms with E-state index in [1.807, 2.05) is 21.1 Å². The van der Waals surface area contributed by atoms with E-state index in [2.05, 4.69) is 123 Å². The van der Waals surface area contributed by atoms with Gasteiger partial charge < -0.3 is 18.9 Å². The molecule has 0 heterocycles. The van der Waals surface area contributed by atoms with Gasteiger partial charge in [0.2, 0.25) is 0 Å². The van der Waals surface area contributed by atoms with Crippen molar-refractivity contribution in [2.45, 2.75) is 258 Å². The molecule has 0 radical (unpaired) electrons. The van der Waals surface area contributed by atoms with Crippen LogP contribution in [-0.2, 0) is 32.7 Å². The molecular weight excluding hydrogens is 978 g/mol. The van der Waals surface area contributed by atoms with E-state index in [9.17, 15) is 19.0 Å². The predicted molar refractivity (Wildman–Crippen MR) is 330 cm³/mol. The normalized spacial score (nSPS) is 14.0. The number of likely N-dealkylation sites (N-methyl/N-ethyl adjacent to an activating group) is 1. The summed E-state index contributed by atoms with van der Waals surface area (Å²) in [6, 6.07) is 0. The number of ether oxygens (including phenoxy) is 2. The number of hydrogen-bond acceptors (Lipinski definition) is 7. The van der Waals surface area contributed by atoms with E-state index in [-0.39, 0.29) is 32.0 Å². The van der Waals surface area contributed by atoms with Crippen LogP contribution in [0.2, 0.25) is 0 Å². The minimum absolute atomic E-state index is 0.0234. The maximum Gasteiger partial charge on any atom is 0.472 e. The Hall–Kier alpha value is -3.33. The standard InChI is InChI=1S/C67H116NO8P/c1-6-8-10-12-14-16-18-20-22-24-26-28-29-30-31-32-33-34-35-36-37-38-39-40-42-44-46-48-50-52-54-56-58-60-67(70)76-65(64-75-77(71,72)74-62-61-68(3,4)5)63-73-66(69)59-57-55-53-51-49-47-45-43-41-27-25-23-21-19-17-15-13-11-9-7-2/h8,10,14,16,20,22,26,28,30-31,33-34,36-37,39-40,44,46,65H,6-7,9,11-13,15,17-19,21,23-25,27,29,32,35,38,41-43,45,47-64H2,1-5H3/p+1/b10-8-,16-14-,22-20-,28-26-,31-30-,34-33-,37-36-,40-39-,46-44-. The number of esters is 2. The first-order valence-corrected chi connectivity index (χ1v) is 32.6. The molecule has 77 heavy (non-hydrogen) atoms. The molecule has 0 bridgehead atoms. The molecule has 9 nitrogen and oxygen atoms in total. The van der Waals surface area contributed by atoms with E-state index in [1.54, 1.807) is 0 Å². The zero-order valence-electron chi connectivity index (χ0n) is 50.2. The summed E-state index contributed by atoms with van der Waals surface area (Å²) in [5.41, 5.74) is 0. The van der Waals surface area contributed by atoms with Crippen molar-refractivity contribution in [2.24, 2.45) is 0 Å².